The number of carboxylic acid groups (broad SMARTS) is 1. The van der Waals surface area contributed by atoms with E-state index in [1.165, 1.54) is 0 Å². The van der Waals surface area contributed by atoms with E-state index in [0.717, 1.165) is 11.3 Å². The Balaban J connectivity index is 1.81. The van der Waals surface area contributed by atoms with Crippen molar-refractivity contribution in [2.75, 3.05) is 0 Å². The number of amides is 1. The first-order valence-electron chi connectivity index (χ1n) is 5.50. The molecule has 1 aliphatic carbocycles. The average Bonchev–Trinajstić information content (AvgIpc) is 3.08. The number of nitrogens with one attached hydrogen (secondary N) is 1. The molecule has 1 saturated carbocycles. The number of hydrogen-bond donors (Lipinski definition) is 2. The molecule has 1 aromatic heterocycles. The number of aryl methyl sites for hydroxylation is 1. The molecule has 90 valence electrons. The molecule has 0 aromatic carbocycles. The molecule has 1 fully saturated rings. The van der Waals surface area contributed by atoms with Gasteiger partial charge in [0.1, 0.15) is 0 Å². The van der Waals surface area contributed by atoms with Gasteiger partial charge in [-0.15, -0.1) is 0 Å². The molecule has 1 aromatic rings. The minimum atomic E-state index is -0.887. The second kappa shape index (κ2) is 4.53. The monoisotopic (exact) mass is 234 g/mol. The van der Waals surface area contributed by atoms with Gasteiger partial charge in [0.15, 0.2) is 0 Å². The van der Waals surface area contributed by atoms with E-state index >= 15 is 0 Å². The summed E-state index contributed by atoms with van der Waals surface area (Å²) in [6.45, 7) is 2.29. The summed E-state index contributed by atoms with van der Waals surface area (Å²) in [6, 6.07) is 3.77. The quantitative estimate of drug-likeness (QED) is 0.804. The Morgan fingerprint density at radius 3 is 2.76 bits per heavy atom. The van der Waals surface area contributed by atoms with E-state index in [2.05, 4.69) is 10.3 Å². The summed E-state index contributed by atoms with van der Waals surface area (Å²) < 4.78 is 0. The van der Waals surface area contributed by atoms with Gasteiger partial charge in [-0.25, -0.2) is 0 Å². The van der Waals surface area contributed by atoms with Gasteiger partial charge in [-0.2, -0.15) is 0 Å². The maximum atomic E-state index is 11.6. The van der Waals surface area contributed by atoms with Crippen LogP contribution in [0.2, 0.25) is 0 Å². The minimum absolute atomic E-state index is 0.182. The van der Waals surface area contributed by atoms with Gasteiger partial charge in [-0.3, -0.25) is 14.6 Å². The molecule has 5 nitrogen and oxygen atoms in total. The molecule has 0 saturated heterocycles. The lowest BCUT2D eigenvalue weighted by Crippen LogP contribution is -2.25. The zero-order valence-electron chi connectivity index (χ0n) is 9.51. The highest BCUT2D eigenvalue weighted by atomic mass is 16.4. The van der Waals surface area contributed by atoms with Crippen LogP contribution in [0.4, 0.5) is 0 Å². The standard InChI is InChI=1S/C12H14N2O3/c1-7-2-3-8(5-13-7)6-14-11(15)9-4-10(9)12(16)17/h2-3,5,9-10H,4,6H2,1H3,(H,14,15)(H,16,17). The van der Waals surface area contributed by atoms with Crippen LogP contribution < -0.4 is 5.32 Å². The van der Waals surface area contributed by atoms with Crippen molar-refractivity contribution in [1.82, 2.24) is 10.3 Å². The molecular weight excluding hydrogens is 220 g/mol. The minimum Gasteiger partial charge on any atom is -0.481 e. The van der Waals surface area contributed by atoms with Crippen LogP contribution in [0.5, 0.6) is 0 Å². The first kappa shape index (κ1) is 11.6. The van der Waals surface area contributed by atoms with Gasteiger partial charge in [0, 0.05) is 18.4 Å². The second-order valence-corrected chi connectivity index (χ2v) is 4.31. The number of aliphatic carboxylic acids is 1. The SMILES string of the molecule is Cc1ccc(CNC(=O)C2CC2C(=O)O)cn1. The Hall–Kier alpha value is -1.91. The van der Waals surface area contributed by atoms with Gasteiger partial charge in [0.25, 0.3) is 0 Å². The average molecular weight is 234 g/mol. The highest BCUT2D eigenvalue weighted by molar-refractivity contribution is 5.89. The van der Waals surface area contributed by atoms with Crippen LogP contribution in [0.1, 0.15) is 17.7 Å². The zero-order valence-corrected chi connectivity index (χ0v) is 9.51. The third-order valence-corrected chi connectivity index (χ3v) is 2.88. The molecule has 0 bridgehead atoms. The fourth-order valence-electron chi connectivity index (χ4n) is 1.68. The molecule has 1 heterocycles. The molecular formula is C12H14N2O3. The molecule has 2 rings (SSSR count). The van der Waals surface area contributed by atoms with Crippen molar-refractivity contribution in [3.63, 3.8) is 0 Å². The molecule has 2 unspecified atom stereocenters. The number of aromatic nitrogens is 1. The van der Waals surface area contributed by atoms with Crippen LogP contribution >= 0.6 is 0 Å². The molecule has 0 aliphatic heterocycles. The largest absolute Gasteiger partial charge is 0.481 e. The van der Waals surface area contributed by atoms with Gasteiger partial charge >= 0.3 is 5.97 Å². The van der Waals surface area contributed by atoms with E-state index in [0.29, 0.717) is 13.0 Å². The van der Waals surface area contributed by atoms with Crippen molar-refractivity contribution >= 4 is 11.9 Å². The van der Waals surface area contributed by atoms with Crippen LogP contribution in [-0.2, 0) is 16.1 Å². The Morgan fingerprint density at radius 1 is 1.47 bits per heavy atom. The van der Waals surface area contributed by atoms with Crippen molar-refractivity contribution in [3.8, 4) is 0 Å². The van der Waals surface area contributed by atoms with Gasteiger partial charge in [0.05, 0.1) is 11.8 Å². The number of carbonyl (C=O) groups excluding carboxylic acids is 1. The lowest BCUT2D eigenvalue weighted by molar-refractivity contribution is -0.140. The molecule has 2 N–H and O–H groups in total. The number of carboxylic acids is 1. The predicted octanol–water partition coefficient (Wildman–Crippen LogP) is 0.727. The fraction of sp³-hybridized carbons (Fsp3) is 0.417. The summed E-state index contributed by atoms with van der Waals surface area (Å²) in [5.74, 6) is -1.92. The van der Waals surface area contributed by atoms with Crippen LogP contribution in [0.25, 0.3) is 0 Å². The lowest BCUT2D eigenvalue weighted by Gasteiger charge is -2.04. The van der Waals surface area contributed by atoms with Crippen LogP contribution in [0.3, 0.4) is 0 Å². The Bertz CT molecular complexity index is 442. The Morgan fingerprint density at radius 2 is 2.24 bits per heavy atom. The summed E-state index contributed by atoms with van der Waals surface area (Å²) in [7, 11) is 0. The lowest BCUT2D eigenvalue weighted by atomic mass is 10.2. The molecule has 1 aliphatic rings. The summed E-state index contributed by atoms with van der Waals surface area (Å²) in [4.78, 5) is 26.3. The van der Waals surface area contributed by atoms with Crippen molar-refractivity contribution in [1.29, 1.82) is 0 Å². The summed E-state index contributed by atoms with van der Waals surface area (Å²) in [5.41, 5.74) is 1.84. The smallest absolute Gasteiger partial charge is 0.307 e. The first-order valence-corrected chi connectivity index (χ1v) is 5.50. The Kier molecular flexibility index (Phi) is 3.08. The highest BCUT2D eigenvalue weighted by Crippen LogP contribution is 2.38. The zero-order chi connectivity index (χ0) is 12.4. The molecule has 1 amide bonds. The number of rotatable bonds is 4. The van der Waals surface area contributed by atoms with Crippen LogP contribution in [0.15, 0.2) is 18.3 Å². The highest BCUT2D eigenvalue weighted by Gasteiger charge is 2.48. The topological polar surface area (TPSA) is 79.3 Å². The first-order chi connectivity index (χ1) is 8.08. The van der Waals surface area contributed by atoms with E-state index in [9.17, 15) is 9.59 Å². The van der Waals surface area contributed by atoms with Crippen LogP contribution in [0, 0.1) is 18.8 Å². The van der Waals surface area contributed by atoms with Crippen molar-refractivity contribution in [2.45, 2.75) is 19.9 Å². The van der Waals surface area contributed by atoms with E-state index < -0.39 is 11.9 Å². The second-order valence-electron chi connectivity index (χ2n) is 4.31. The maximum Gasteiger partial charge on any atom is 0.307 e. The molecule has 0 radical (unpaired) electrons. The van der Waals surface area contributed by atoms with Crippen LogP contribution in [-0.4, -0.2) is 22.0 Å². The fourth-order valence-corrected chi connectivity index (χ4v) is 1.68. The van der Waals surface area contributed by atoms with E-state index in [1.54, 1.807) is 6.20 Å². The Labute approximate surface area is 98.9 Å². The summed E-state index contributed by atoms with van der Waals surface area (Å²) >= 11 is 0. The predicted molar refractivity (Wildman–Crippen MR) is 60.1 cm³/mol. The molecule has 17 heavy (non-hydrogen) atoms. The number of nitrogens with zero attached hydrogens (tertiary/aromatic N) is 1. The third-order valence-electron chi connectivity index (χ3n) is 2.88. The van der Waals surface area contributed by atoms with Crippen molar-refractivity contribution in [3.05, 3.63) is 29.6 Å². The third kappa shape index (κ3) is 2.81. The summed E-state index contributed by atoms with van der Waals surface area (Å²) in [6.07, 6.45) is 2.16. The number of carbonyl (C=O) groups is 2. The van der Waals surface area contributed by atoms with Crippen molar-refractivity contribution < 1.29 is 14.7 Å². The van der Waals surface area contributed by atoms with E-state index in [1.807, 2.05) is 19.1 Å². The maximum absolute atomic E-state index is 11.6. The van der Waals surface area contributed by atoms with Gasteiger partial charge in [-0.1, -0.05) is 6.07 Å². The van der Waals surface area contributed by atoms with E-state index in [4.69, 9.17) is 5.11 Å². The molecule has 5 heteroatoms. The number of pyridine rings is 1. The summed E-state index contributed by atoms with van der Waals surface area (Å²) in [5, 5.41) is 11.4. The van der Waals surface area contributed by atoms with E-state index in [-0.39, 0.29) is 11.8 Å². The van der Waals surface area contributed by atoms with Gasteiger partial charge in [-0.05, 0) is 25.0 Å². The normalized spacial score (nSPS) is 21.9. The van der Waals surface area contributed by atoms with Crippen molar-refractivity contribution in [2.24, 2.45) is 11.8 Å². The van der Waals surface area contributed by atoms with Gasteiger partial charge < -0.3 is 10.4 Å². The molecule has 2 atom stereocenters. The number of hydrogen-bond acceptors (Lipinski definition) is 3. The van der Waals surface area contributed by atoms with Gasteiger partial charge in [0.2, 0.25) is 5.91 Å². The molecule has 0 spiro atoms.